The molecule has 6 nitrogen and oxygen atoms in total. The normalized spacial score (nSPS) is 21.7. The minimum Gasteiger partial charge on any atom is -0.497 e. The van der Waals surface area contributed by atoms with Crippen LogP contribution in [0.3, 0.4) is 0 Å². The first-order valence-electron chi connectivity index (χ1n) is 7.90. The van der Waals surface area contributed by atoms with Gasteiger partial charge < -0.3 is 14.2 Å². The Kier molecular flexibility index (Phi) is 4.91. The van der Waals surface area contributed by atoms with Gasteiger partial charge in [-0.1, -0.05) is 0 Å². The molecule has 2 aliphatic rings. The highest BCUT2D eigenvalue weighted by molar-refractivity contribution is 7.89. The minimum absolute atomic E-state index is 0.164. The monoisotopic (exact) mass is 341 g/mol. The van der Waals surface area contributed by atoms with Gasteiger partial charge in [-0.05, 0) is 43.5 Å². The van der Waals surface area contributed by atoms with Gasteiger partial charge in [0.2, 0.25) is 10.0 Å². The van der Waals surface area contributed by atoms with E-state index in [2.05, 4.69) is 0 Å². The lowest BCUT2D eigenvalue weighted by molar-refractivity contribution is -0.0938. The van der Waals surface area contributed by atoms with Crippen molar-refractivity contribution in [3.63, 3.8) is 0 Å². The SMILES string of the molecule is COc1ccc(S(=O)(=O)N2CCC(C3OCCO3)CC2)c(C)c1. The molecule has 2 heterocycles. The van der Waals surface area contributed by atoms with E-state index in [9.17, 15) is 8.42 Å². The number of methoxy groups -OCH3 is 1. The van der Waals surface area contributed by atoms with Gasteiger partial charge in [0.05, 0.1) is 25.2 Å². The van der Waals surface area contributed by atoms with Gasteiger partial charge in [0.1, 0.15) is 5.75 Å². The van der Waals surface area contributed by atoms with Crippen molar-refractivity contribution in [2.45, 2.75) is 31.0 Å². The van der Waals surface area contributed by atoms with Crippen LogP contribution in [-0.2, 0) is 19.5 Å². The second kappa shape index (κ2) is 6.76. The van der Waals surface area contributed by atoms with E-state index in [0.29, 0.717) is 42.5 Å². The zero-order chi connectivity index (χ0) is 16.4. The van der Waals surface area contributed by atoms with Gasteiger partial charge in [0.25, 0.3) is 0 Å². The maximum absolute atomic E-state index is 12.9. The number of piperidine rings is 1. The highest BCUT2D eigenvalue weighted by Crippen LogP contribution is 2.30. The van der Waals surface area contributed by atoms with E-state index >= 15 is 0 Å². The molecule has 0 bridgehead atoms. The molecular weight excluding hydrogens is 318 g/mol. The third-order valence-corrected chi connectivity index (χ3v) is 6.59. The zero-order valence-corrected chi connectivity index (χ0v) is 14.3. The number of benzene rings is 1. The molecule has 3 rings (SSSR count). The molecular formula is C16H23NO5S. The van der Waals surface area contributed by atoms with Gasteiger partial charge in [-0.2, -0.15) is 4.31 Å². The van der Waals surface area contributed by atoms with Crippen LogP contribution in [0.4, 0.5) is 0 Å². The molecule has 7 heteroatoms. The summed E-state index contributed by atoms with van der Waals surface area (Å²) >= 11 is 0. The third-order valence-electron chi connectivity index (χ3n) is 4.53. The van der Waals surface area contributed by atoms with Crippen LogP contribution in [0.2, 0.25) is 0 Å². The predicted octanol–water partition coefficient (Wildman–Crippen LogP) is 1.78. The molecule has 0 saturated carbocycles. The molecule has 0 spiro atoms. The molecule has 0 unspecified atom stereocenters. The molecule has 23 heavy (non-hydrogen) atoms. The summed E-state index contributed by atoms with van der Waals surface area (Å²) in [6.07, 6.45) is 1.36. The Bertz CT molecular complexity index is 646. The Morgan fingerprint density at radius 2 is 1.83 bits per heavy atom. The van der Waals surface area contributed by atoms with E-state index in [1.807, 2.05) is 0 Å². The van der Waals surface area contributed by atoms with Gasteiger partial charge in [-0.3, -0.25) is 0 Å². The Hall–Kier alpha value is -1.15. The Balaban J connectivity index is 1.71. The molecule has 1 aromatic rings. The third kappa shape index (κ3) is 3.38. The fraction of sp³-hybridized carbons (Fsp3) is 0.625. The summed E-state index contributed by atoms with van der Waals surface area (Å²) in [6.45, 7) is 4.06. The maximum atomic E-state index is 12.9. The summed E-state index contributed by atoms with van der Waals surface area (Å²) in [5.74, 6) is 0.941. The van der Waals surface area contributed by atoms with E-state index in [1.54, 1.807) is 36.5 Å². The molecule has 0 aromatic heterocycles. The van der Waals surface area contributed by atoms with E-state index in [0.717, 1.165) is 12.8 Å². The largest absolute Gasteiger partial charge is 0.497 e. The van der Waals surface area contributed by atoms with E-state index in [4.69, 9.17) is 14.2 Å². The van der Waals surface area contributed by atoms with Crippen LogP contribution in [0.1, 0.15) is 18.4 Å². The first-order valence-corrected chi connectivity index (χ1v) is 9.34. The molecule has 0 atom stereocenters. The van der Waals surface area contributed by atoms with Crippen LogP contribution >= 0.6 is 0 Å². The van der Waals surface area contributed by atoms with Crippen molar-refractivity contribution in [3.8, 4) is 5.75 Å². The molecule has 0 radical (unpaired) electrons. The average Bonchev–Trinajstić information content (AvgIpc) is 3.09. The molecule has 0 aliphatic carbocycles. The first kappa shape index (κ1) is 16.7. The molecule has 2 aliphatic heterocycles. The van der Waals surface area contributed by atoms with Crippen molar-refractivity contribution in [2.75, 3.05) is 33.4 Å². The van der Waals surface area contributed by atoms with Crippen molar-refractivity contribution in [3.05, 3.63) is 23.8 Å². The summed E-state index contributed by atoms with van der Waals surface area (Å²) in [5, 5.41) is 0. The van der Waals surface area contributed by atoms with Crippen LogP contribution in [0.5, 0.6) is 5.75 Å². The number of hydrogen-bond donors (Lipinski definition) is 0. The molecule has 2 saturated heterocycles. The molecule has 2 fully saturated rings. The van der Waals surface area contributed by atoms with E-state index in [1.165, 1.54) is 0 Å². The summed E-state index contributed by atoms with van der Waals surface area (Å²) in [7, 11) is -1.90. The highest BCUT2D eigenvalue weighted by atomic mass is 32.2. The molecule has 128 valence electrons. The van der Waals surface area contributed by atoms with Crippen LogP contribution in [0.25, 0.3) is 0 Å². The number of ether oxygens (including phenoxy) is 3. The molecule has 0 amide bonds. The molecule has 0 N–H and O–H groups in total. The van der Waals surface area contributed by atoms with Crippen molar-refractivity contribution in [1.82, 2.24) is 4.31 Å². The van der Waals surface area contributed by atoms with Gasteiger partial charge in [0.15, 0.2) is 6.29 Å². The Morgan fingerprint density at radius 1 is 1.17 bits per heavy atom. The fourth-order valence-electron chi connectivity index (χ4n) is 3.21. The summed E-state index contributed by atoms with van der Waals surface area (Å²) in [6, 6.07) is 5.06. The standard InChI is InChI=1S/C16H23NO5S/c1-12-11-14(20-2)3-4-15(12)23(18,19)17-7-5-13(6-8-17)16-21-9-10-22-16/h3-4,11,13,16H,5-10H2,1-2H3. The zero-order valence-electron chi connectivity index (χ0n) is 13.5. The number of sulfonamides is 1. The average molecular weight is 341 g/mol. The van der Waals surface area contributed by atoms with Crippen molar-refractivity contribution >= 4 is 10.0 Å². The smallest absolute Gasteiger partial charge is 0.243 e. The minimum atomic E-state index is -3.47. The van der Waals surface area contributed by atoms with Crippen molar-refractivity contribution in [2.24, 2.45) is 5.92 Å². The summed E-state index contributed by atoms with van der Waals surface area (Å²) < 4.78 is 43.5. The van der Waals surface area contributed by atoms with Crippen molar-refractivity contribution in [1.29, 1.82) is 0 Å². The fourth-order valence-corrected chi connectivity index (χ4v) is 4.89. The summed E-state index contributed by atoms with van der Waals surface area (Å²) in [4.78, 5) is 0.352. The van der Waals surface area contributed by atoms with E-state index < -0.39 is 10.0 Å². The quantitative estimate of drug-likeness (QED) is 0.835. The van der Waals surface area contributed by atoms with Crippen LogP contribution in [-0.4, -0.2) is 52.4 Å². The van der Waals surface area contributed by atoms with Crippen molar-refractivity contribution < 1.29 is 22.6 Å². The Morgan fingerprint density at radius 3 is 2.39 bits per heavy atom. The molecule has 1 aromatic carbocycles. The van der Waals surface area contributed by atoms with E-state index in [-0.39, 0.29) is 12.2 Å². The van der Waals surface area contributed by atoms with Gasteiger partial charge in [0, 0.05) is 19.0 Å². The first-order chi connectivity index (χ1) is 11.0. The second-order valence-corrected chi connectivity index (χ2v) is 7.89. The van der Waals surface area contributed by atoms with Gasteiger partial charge in [-0.15, -0.1) is 0 Å². The highest BCUT2D eigenvalue weighted by Gasteiger charge is 2.35. The Labute approximate surface area is 137 Å². The van der Waals surface area contributed by atoms with Crippen LogP contribution in [0, 0.1) is 12.8 Å². The lowest BCUT2D eigenvalue weighted by Gasteiger charge is -2.33. The predicted molar refractivity (Wildman–Crippen MR) is 84.9 cm³/mol. The number of rotatable bonds is 4. The lowest BCUT2D eigenvalue weighted by atomic mass is 9.98. The van der Waals surface area contributed by atoms with Gasteiger partial charge >= 0.3 is 0 Å². The second-order valence-electron chi connectivity index (χ2n) is 5.98. The number of aryl methyl sites for hydroxylation is 1. The van der Waals surface area contributed by atoms with Gasteiger partial charge in [-0.25, -0.2) is 8.42 Å². The number of nitrogens with zero attached hydrogens (tertiary/aromatic N) is 1. The summed E-state index contributed by atoms with van der Waals surface area (Å²) in [5.41, 5.74) is 0.703. The van der Waals surface area contributed by atoms with Crippen LogP contribution < -0.4 is 4.74 Å². The topological polar surface area (TPSA) is 65.1 Å². The maximum Gasteiger partial charge on any atom is 0.243 e. The lowest BCUT2D eigenvalue weighted by Crippen LogP contribution is -2.41. The number of hydrogen-bond acceptors (Lipinski definition) is 5. The van der Waals surface area contributed by atoms with Crippen LogP contribution in [0.15, 0.2) is 23.1 Å².